The largest absolute Gasteiger partial charge is 0.480 e. The number of aliphatic hydroxyl groups excluding tert-OH is 1. The predicted octanol–water partition coefficient (Wildman–Crippen LogP) is 4.04. The summed E-state index contributed by atoms with van der Waals surface area (Å²) < 4.78 is 0. The van der Waals surface area contributed by atoms with Gasteiger partial charge in [0.1, 0.15) is 17.3 Å². The lowest BCUT2D eigenvalue weighted by atomic mass is 9.44. The Morgan fingerprint density at radius 2 is 1.98 bits per heavy atom. The second-order valence-corrected chi connectivity index (χ2v) is 12.5. The molecule has 3 N–H and O–H groups in total. The first-order valence-corrected chi connectivity index (χ1v) is 14.9. The van der Waals surface area contributed by atoms with Crippen molar-refractivity contribution in [3.8, 4) is 0 Å². The molecule has 0 amide bonds. The maximum Gasteiger partial charge on any atom is 0.337 e. The zero-order valence-electron chi connectivity index (χ0n) is 23.1. The van der Waals surface area contributed by atoms with Gasteiger partial charge in [-0.3, -0.25) is 9.78 Å². The molecule has 2 aromatic heterocycles. The second kappa shape index (κ2) is 11.1. The van der Waals surface area contributed by atoms with E-state index in [0.717, 1.165) is 69.4 Å². The Labute approximate surface area is 235 Å². The molecule has 214 valence electrons. The van der Waals surface area contributed by atoms with E-state index in [-0.39, 0.29) is 24.5 Å². The minimum absolute atomic E-state index is 0.00362. The summed E-state index contributed by atoms with van der Waals surface area (Å²) in [5, 5.41) is 24.5. The van der Waals surface area contributed by atoms with Crippen molar-refractivity contribution in [1.82, 2.24) is 15.0 Å². The van der Waals surface area contributed by atoms with E-state index in [1.54, 1.807) is 6.20 Å². The number of nitrogens with one attached hydrogen (secondary N) is 1. The first-order chi connectivity index (χ1) is 19.4. The van der Waals surface area contributed by atoms with Crippen LogP contribution in [0.15, 0.2) is 36.5 Å². The summed E-state index contributed by atoms with van der Waals surface area (Å²) in [6.45, 7) is 0.664. The number of aromatic nitrogens is 2. The number of aliphatic carboxylic acids is 1. The van der Waals surface area contributed by atoms with Crippen molar-refractivity contribution in [1.29, 1.82) is 0 Å². The fraction of sp³-hybridized carbons (Fsp3) is 0.613. The van der Waals surface area contributed by atoms with E-state index in [0.29, 0.717) is 24.5 Å². The number of hydroxylamine groups is 2. The molecule has 6 rings (SSSR count). The highest BCUT2D eigenvalue weighted by atomic mass is 16.7. The molecule has 0 saturated heterocycles. The summed E-state index contributed by atoms with van der Waals surface area (Å²) in [5.74, 6) is -0.107. The van der Waals surface area contributed by atoms with Gasteiger partial charge in [0, 0.05) is 31.1 Å². The zero-order chi connectivity index (χ0) is 27.7. The summed E-state index contributed by atoms with van der Waals surface area (Å²) in [5.41, 5.74) is 2.37. The molecule has 0 bridgehead atoms. The number of aryl methyl sites for hydroxylation is 2. The number of aliphatic hydroxyl groups is 1. The number of hydrogen-bond donors (Lipinski definition) is 3. The van der Waals surface area contributed by atoms with Crippen LogP contribution in [0.25, 0.3) is 0 Å². The van der Waals surface area contributed by atoms with Crippen molar-refractivity contribution in [2.75, 3.05) is 18.5 Å². The number of carbonyl (C=O) groups excluding carboxylic acids is 1. The van der Waals surface area contributed by atoms with Gasteiger partial charge in [0.25, 0.3) is 0 Å². The Hall–Kier alpha value is -3.04. The van der Waals surface area contributed by atoms with Crippen molar-refractivity contribution >= 4 is 17.8 Å². The van der Waals surface area contributed by atoms with Crippen molar-refractivity contribution in [3.63, 3.8) is 0 Å². The van der Waals surface area contributed by atoms with Crippen molar-refractivity contribution in [2.45, 2.75) is 94.5 Å². The van der Waals surface area contributed by atoms with Crippen LogP contribution in [0.5, 0.6) is 0 Å². The third-order valence-electron chi connectivity index (χ3n) is 9.83. The van der Waals surface area contributed by atoms with Crippen LogP contribution in [-0.2, 0) is 32.7 Å². The third kappa shape index (κ3) is 5.09. The van der Waals surface area contributed by atoms with E-state index >= 15 is 0 Å². The molecule has 1 spiro atoms. The van der Waals surface area contributed by atoms with Crippen LogP contribution in [0.4, 0.5) is 5.82 Å². The third-order valence-corrected chi connectivity index (χ3v) is 9.83. The molecular weight excluding hydrogens is 508 g/mol. The molecule has 4 aliphatic rings. The summed E-state index contributed by atoms with van der Waals surface area (Å²) in [7, 11) is 0. The molecule has 9 nitrogen and oxygen atoms in total. The number of pyridine rings is 2. The zero-order valence-corrected chi connectivity index (χ0v) is 23.1. The predicted molar refractivity (Wildman–Crippen MR) is 148 cm³/mol. The van der Waals surface area contributed by atoms with Crippen LogP contribution in [0.3, 0.4) is 0 Å². The standard InChI is InChI=1S/C31H40N4O5/c36-16-11-25(28(37)38)35(24-17-21(18-24)7-9-23-10-8-22-5-3-15-33-27(22)34-23)40-29(39)31(26-6-1-2-14-32-26)19-30(20-31)12-4-13-30/h1-2,6,8,10,14,21,24-25,36H,3-5,7,9,11-13,15-20H2,(H,33,34)(H,37,38)/t21?,24?,25-/m0/s1. The van der Waals surface area contributed by atoms with Crippen molar-refractivity contribution in [2.24, 2.45) is 11.3 Å². The monoisotopic (exact) mass is 548 g/mol. The molecule has 0 unspecified atom stereocenters. The van der Waals surface area contributed by atoms with Gasteiger partial charge in [-0.25, -0.2) is 9.78 Å². The fourth-order valence-electron chi connectivity index (χ4n) is 7.40. The van der Waals surface area contributed by atoms with Gasteiger partial charge in [-0.15, -0.1) is 5.06 Å². The minimum Gasteiger partial charge on any atom is -0.480 e. The molecular formula is C31H40N4O5. The lowest BCUT2D eigenvalue weighted by Gasteiger charge is -2.59. The average Bonchev–Trinajstić information content (AvgIpc) is 2.89. The highest BCUT2D eigenvalue weighted by molar-refractivity contribution is 5.84. The van der Waals surface area contributed by atoms with Gasteiger partial charge < -0.3 is 20.4 Å². The number of rotatable bonds is 11. The SMILES string of the molecule is O=C(O)[C@H](CCO)N(OC(=O)C1(c2ccccn2)CC2(CCC2)C1)C1CC(CCc2ccc3c(n2)NCCC3)C1. The molecule has 3 fully saturated rings. The van der Waals surface area contributed by atoms with Crippen molar-refractivity contribution in [3.05, 3.63) is 53.5 Å². The fourth-order valence-corrected chi connectivity index (χ4v) is 7.40. The summed E-state index contributed by atoms with van der Waals surface area (Å²) >= 11 is 0. The van der Waals surface area contributed by atoms with Gasteiger partial charge in [-0.2, -0.15) is 0 Å². The second-order valence-electron chi connectivity index (χ2n) is 12.5. The molecule has 9 heteroatoms. The number of carboxylic acid groups (broad SMARTS) is 1. The van der Waals surface area contributed by atoms with Gasteiger partial charge >= 0.3 is 11.9 Å². The van der Waals surface area contributed by atoms with E-state index in [1.807, 2.05) is 18.2 Å². The lowest BCUT2D eigenvalue weighted by Crippen LogP contribution is -2.61. The Morgan fingerprint density at radius 3 is 2.65 bits per heavy atom. The van der Waals surface area contributed by atoms with Gasteiger partial charge in [0.05, 0.1) is 5.69 Å². The Balaban J connectivity index is 1.13. The molecule has 3 saturated carbocycles. The highest BCUT2D eigenvalue weighted by Crippen LogP contribution is 2.65. The molecule has 3 heterocycles. The van der Waals surface area contributed by atoms with E-state index in [9.17, 15) is 19.8 Å². The summed E-state index contributed by atoms with van der Waals surface area (Å²) in [6, 6.07) is 8.60. The first-order valence-electron chi connectivity index (χ1n) is 14.9. The molecule has 40 heavy (non-hydrogen) atoms. The van der Waals surface area contributed by atoms with Crippen LogP contribution in [0.2, 0.25) is 0 Å². The minimum atomic E-state index is -1.09. The van der Waals surface area contributed by atoms with Crippen LogP contribution in [0, 0.1) is 11.3 Å². The van der Waals surface area contributed by atoms with Crippen LogP contribution in [-0.4, -0.2) is 62.4 Å². The van der Waals surface area contributed by atoms with E-state index in [4.69, 9.17) is 9.82 Å². The number of hydrogen-bond acceptors (Lipinski definition) is 8. The van der Waals surface area contributed by atoms with Gasteiger partial charge in [-0.1, -0.05) is 18.6 Å². The highest BCUT2D eigenvalue weighted by Gasteiger charge is 2.64. The molecule has 2 aromatic rings. The Bertz CT molecular complexity index is 1220. The van der Waals surface area contributed by atoms with E-state index in [2.05, 4.69) is 22.4 Å². The lowest BCUT2D eigenvalue weighted by molar-refractivity contribution is -0.246. The maximum absolute atomic E-state index is 13.9. The molecule has 0 radical (unpaired) electrons. The van der Waals surface area contributed by atoms with E-state index in [1.165, 1.54) is 17.0 Å². The Morgan fingerprint density at radius 1 is 1.15 bits per heavy atom. The molecule has 0 aromatic carbocycles. The first kappa shape index (κ1) is 27.1. The summed E-state index contributed by atoms with van der Waals surface area (Å²) in [6.07, 6.45) is 12.0. The van der Waals surface area contributed by atoms with Crippen molar-refractivity contribution < 1.29 is 24.6 Å². The molecule has 3 aliphatic carbocycles. The quantitative estimate of drug-likeness (QED) is 0.357. The summed E-state index contributed by atoms with van der Waals surface area (Å²) in [4.78, 5) is 41.6. The van der Waals surface area contributed by atoms with Crippen LogP contribution >= 0.6 is 0 Å². The topological polar surface area (TPSA) is 125 Å². The number of anilines is 1. The maximum atomic E-state index is 13.9. The van der Waals surface area contributed by atoms with Crippen LogP contribution < -0.4 is 5.32 Å². The van der Waals surface area contributed by atoms with Gasteiger partial charge in [0.15, 0.2) is 0 Å². The normalized spacial score (nSPS) is 24.6. The van der Waals surface area contributed by atoms with E-state index < -0.39 is 23.4 Å². The molecule has 1 aliphatic heterocycles. The Kier molecular flexibility index (Phi) is 7.52. The molecule has 1 atom stereocenters. The van der Waals surface area contributed by atoms with Gasteiger partial charge in [-0.05, 0) is 106 Å². The average molecular weight is 549 g/mol. The van der Waals surface area contributed by atoms with Gasteiger partial charge in [0.2, 0.25) is 0 Å². The number of carbonyl (C=O) groups is 2. The smallest absolute Gasteiger partial charge is 0.337 e. The number of fused-ring (bicyclic) bond motifs is 1. The number of carboxylic acids is 1. The van der Waals surface area contributed by atoms with Crippen LogP contribution in [0.1, 0.15) is 81.2 Å². The number of nitrogens with zero attached hydrogens (tertiary/aromatic N) is 3.